The average Bonchev–Trinajstić information content (AvgIpc) is 1.99. The van der Waals surface area contributed by atoms with Crippen molar-refractivity contribution in [1.29, 1.82) is 0 Å². The van der Waals surface area contributed by atoms with Crippen molar-refractivity contribution in [3.8, 4) is 0 Å². The summed E-state index contributed by atoms with van der Waals surface area (Å²) in [6.45, 7) is 6.97. The van der Waals surface area contributed by atoms with Gasteiger partial charge in [0, 0.05) is 0 Å². The first kappa shape index (κ1) is 10.8. The summed E-state index contributed by atoms with van der Waals surface area (Å²) in [5, 5.41) is 0. The van der Waals surface area contributed by atoms with E-state index in [0.29, 0.717) is 20.9 Å². The molecule has 0 atom stereocenters. The molecule has 0 heterocycles. The van der Waals surface area contributed by atoms with Crippen LogP contribution >= 0.6 is 0 Å². The second-order valence-electron chi connectivity index (χ2n) is 2.66. The molecule has 0 aliphatic heterocycles. The third kappa shape index (κ3) is 5.57. The molecule has 0 bridgehead atoms. The summed E-state index contributed by atoms with van der Waals surface area (Å²) in [6.07, 6.45) is 5.74. The Morgan fingerprint density at radius 1 is 1.10 bits per heavy atom. The molecule has 0 saturated carbocycles. The van der Waals surface area contributed by atoms with E-state index in [0.717, 1.165) is 3.97 Å². The van der Waals surface area contributed by atoms with E-state index in [2.05, 4.69) is 20.8 Å². The predicted octanol–water partition coefficient (Wildman–Crippen LogP) is 3.52. The summed E-state index contributed by atoms with van der Waals surface area (Å²) in [4.78, 5) is 0. The van der Waals surface area contributed by atoms with E-state index in [1.165, 1.54) is 25.7 Å². The number of rotatable bonds is 6. The Balaban J connectivity index is 3.09. The zero-order chi connectivity index (χ0) is 7.82. The Hall–Kier alpha value is 0.790. The zero-order valence-electron chi connectivity index (χ0n) is 7.52. The van der Waals surface area contributed by atoms with Crippen molar-refractivity contribution in [3.05, 3.63) is 0 Å². The van der Waals surface area contributed by atoms with Crippen molar-refractivity contribution in [3.63, 3.8) is 0 Å². The quantitative estimate of drug-likeness (QED) is 0.503. The molecule has 1 heteroatoms. The van der Waals surface area contributed by atoms with Gasteiger partial charge < -0.3 is 0 Å². The minimum atomic E-state index is 0.388. The number of hydrogen-bond donors (Lipinski definition) is 0. The molecule has 0 unspecified atom stereocenters. The van der Waals surface area contributed by atoms with Gasteiger partial charge in [-0.15, -0.1) is 0 Å². The van der Waals surface area contributed by atoms with Gasteiger partial charge in [-0.2, -0.15) is 0 Å². The first-order chi connectivity index (χ1) is 4.85. The SMILES string of the molecule is CCCC[Te]C(CC)CC. The zero-order valence-corrected chi connectivity index (χ0v) is 9.85. The molecule has 0 aromatic rings. The van der Waals surface area contributed by atoms with Crippen LogP contribution in [0.15, 0.2) is 0 Å². The summed E-state index contributed by atoms with van der Waals surface area (Å²) >= 11 is 0.388. The Bertz CT molecular complexity index is 57.7. The van der Waals surface area contributed by atoms with Gasteiger partial charge in [-0.1, -0.05) is 0 Å². The van der Waals surface area contributed by atoms with Crippen molar-refractivity contribution >= 4 is 20.9 Å². The molecule has 0 aliphatic rings. The van der Waals surface area contributed by atoms with Crippen LogP contribution in [0.1, 0.15) is 46.5 Å². The van der Waals surface area contributed by atoms with Gasteiger partial charge in [-0.25, -0.2) is 0 Å². The van der Waals surface area contributed by atoms with Crippen molar-refractivity contribution in [2.45, 2.75) is 54.9 Å². The molecule has 0 aromatic carbocycles. The first-order valence-corrected chi connectivity index (χ1v) is 7.46. The van der Waals surface area contributed by atoms with Gasteiger partial charge in [0.05, 0.1) is 0 Å². The van der Waals surface area contributed by atoms with Crippen LogP contribution in [0.4, 0.5) is 0 Å². The van der Waals surface area contributed by atoms with Crippen molar-refractivity contribution in [1.82, 2.24) is 0 Å². The Kier molecular flexibility index (Phi) is 8.51. The van der Waals surface area contributed by atoms with Crippen molar-refractivity contribution < 1.29 is 0 Å². The van der Waals surface area contributed by atoms with E-state index in [1.807, 2.05) is 0 Å². The minimum absolute atomic E-state index is 0.388. The van der Waals surface area contributed by atoms with Crippen LogP contribution in [0.3, 0.4) is 0 Å². The molecule has 0 saturated heterocycles. The van der Waals surface area contributed by atoms with Gasteiger partial charge >= 0.3 is 75.8 Å². The monoisotopic (exact) mass is 258 g/mol. The standard InChI is InChI=1S/C9H20Te/c1-4-7-8-10-9(5-2)6-3/h9H,4-8H2,1-3H3. The molecule has 0 rings (SSSR count). The molecule has 62 valence electrons. The van der Waals surface area contributed by atoms with Crippen LogP contribution in [0.2, 0.25) is 8.43 Å². The maximum atomic E-state index is 2.34. The molecule has 0 spiro atoms. The van der Waals surface area contributed by atoms with Crippen LogP contribution < -0.4 is 0 Å². The van der Waals surface area contributed by atoms with E-state index < -0.39 is 0 Å². The molecule has 0 amide bonds. The van der Waals surface area contributed by atoms with Gasteiger partial charge in [0.1, 0.15) is 0 Å². The second kappa shape index (κ2) is 7.89. The van der Waals surface area contributed by atoms with E-state index in [9.17, 15) is 0 Å². The number of unbranched alkanes of at least 4 members (excludes halogenated alkanes) is 1. The fraction of sp³-hybridized carbons (Fsp3) is 1.00. The number of hydrogen-bond acceptors (Lipinski definition) is 0. The first-order valence-electron chi connectivity index (χ1n) is 4.46. The molecule has 0 nitrogen and oxygen atoms in total. The van der Waals surface area contributed by atoms with Crippen LogP contribution in [-0.2, 0) is 0 Å². The molecular weight excluding hydrogens is 236 g/mol. The van der Waals surface area contributed by atoms with E-state index in [1.54, 1.807) is 4.47 Å². The third-order valence-corrected chi connectivity index (χ3v) is 6.51. The van der Waals surface area contributed by atoms with Crippen molar-refractivity contribution in [2.24, 2.45) is 0 Å². The molecule has 0 N–H and O–H groups in total. The van der Waals surface area contributed by atoms with Gasteiger partial charge in [0.2, 0.25) is 0 Å². The normalized spacial score (nSPS) is 10.8. The van der Waals surface area contributed by atoms with Crippen LogP contribution in [0.5, 0.6) is 0 Å². The molecule has 10 heavy (non-hydrogen) atoms. The van der Waals surface area contributed by atoms with Gasteiger partial charge in [0.15, 0.2) is 0 Å². The topological polar surface area (TPSA) is 0 Å². The van der Waals surface area contributed by atoms with E-state index in [4.69, 9.17) is 0 Å². The summed E-state index contributed by atoms with van der Waals surface area (Å²) in [5.41, 5.74) is 0. The van der Waals surface area contributed by atoms with E-state index in [-0.39, 0.29) is 0 Å². The summed E-state index contributed by atoms with van der Waals surface area (Å²) in [6, 6.07) is 0. The fourth-order valence-electron chi connectivity index (χ4n) is 0.919. The molecule has 0 radical (unpaired) electrons. The summed E-state index contributed by atoms with van der Waals surface area (Å²) in [5.74, 6) is 0. The van der Waals surface area contributed by atoms with Gasteiger partial charge in [-0.05, 0) is 0 Å². The fourth-order valence-corrected chi connectivity index (χ4v) is 4.52. The van der Waals surface area contributed by atoms with Gasteiger partial charge in [0.25, 0.3) is 0 Å². The summed E-state index contributed by atoms with van der Waals surface area (Å²) in [7, 11) is 0. The Morgan fingerprint density at radius 2 is 1.70 bits per heavy atom. The van der Waals surface area contributed by atoms with E-state index >= 15 is 0 Å². The van der Waals surface area contributed by atoms with Crippen LogP contribution in [0.25, 0.3) is 0 Å². The predicted molar refractivity (Wildman–Crippen MR) is 49.8 cm³/mol. The Labute approximate surface area is 75.9 Å². The Morgan fingerprint density at radius 3 is 2.10 bits per heavy atom. The maximum absolute atomic E-state index is 2.34. The van der Waals surface area contributed by atoms with Crippen LogP contribution in [0, 0.1) is 0 Å². The van der Waals surface area contributed by atoms with Gasteiger partial charge in [-0.3, -0.25) is 0 Å². The summed E-state index contributed by atoms with van der Waals surface area (Å²) < 4.78 is 2.71. The third-order valence-electron chi connectivity index (χ3n) is 1.76. The molecule has 0 aliphatic carbocycles. The average molecular weight is 256 g/mol. The molecule has 0 fully saturated rings. The molecular formula is C9H20Te. The van der Waals surface area contributed by atoms with Crippen LogP contribution in [-0.4, -0.2) is 20.9 Å². The second-order valence-corrected chi connectivity index (χ2v) is 6.68. The van der Waals surface area contributed by atoms with Crippen molar-refractivity contribution in [2.75, 3.05) is 0 Å². The molecule has 0 aromatic heterocycles.